The number of aryl methyl sites for hydroxylation is 1. The molecule has 4 heterocycles. The molecule has 3 N–H and O–H groups in total. The second-order valence-corrected chi connectivity index (χ2v) is 10.2. The van der Waals surface area contributed by atoms with Crippen molar-refractivity contribution in [2.24, 2.45) is 0 Å². The van der Waals surface area contributed by atoms with E-state index in [1.165, 1.54) is 12.0 Å². The van der Waals surface area contributed by atoms with Crippen LogP contribution < -0.4 is 20.7 Å². The van der Waals surface area contributed by atoms with Crippen molar-refractivity contribution in [3.05, 3.63) is 64.4 Å². The summed E-state index contributed by atoms with van der Waals surface area (Å²) in [5.41, 5.74) is 2.12. The number of imide groups is 1. The van der Waals surface area contributed by atoms with E-state index < -0.39 is 17.5 Å². The summed E-state index contributed by atoms with van der Waals surface area (Å²) in [6.07, 6.45) is 2.82. The van der Waals surface area contributed by atoms with Gasteiger partial charge in [0.05, 0.1) is 19.2 Å². The van der Waals surface area contributed by atoms with Gasteiger partial charge >= 0.3 is 6.03 Å². The maximum absolute atomic E-state index is 13.3. The highest BCUT2D eigenvalue weighted by Gasteiger charge is 2.53. The normalized spacial score (nSPS) is 26.0. The highest BCUT2D eigenvalue weighted by Crippen LogP contribution is 2.47. The molecule has 4 aliphatic rings. The molecule has 3 aliphatic heterocycles. The third kappa shape index (κ3) is 2.98. The van der Waals surface area contributed by atoms with Gasteiger partial charge in [-0.1, -0.05) is 12.1 Å². The predicted octanol–water partition coefficient (Wildman–Crippen LogP) is 2.18. The molecule has 188 valence electrons. The number of rotatable bonds is 4. The molecule has 0 bridgehead atoms. The predicted molar refractivity (Wildman–Crippen MR) is 130 cm³/mol. The standard InChI is InChI=1S/C27H24N4O6/c1-36-15-3-2-14-12-31(23(33)17(14)10-15)13-27(24(34)28-25(35)30-27)21-11-18-16-6-8-26(9-7-22(32)29-26)19(16)4-5-20(18)37-21/h2-5,10-11H,6-9,12-13H2,1H3,(H,29,32)(H2,28,30,34,35)/t26?,27-/m0/s1. The summed E-state index contributed by atoms with van der Waals surface area (Å²) >= 11 is 0. The Labute approximate surface area is 211 Å². The Morgan fingerprint density at radius 2 is 1.86 bits per heavy atom. The van der Waals surface area contributed by atoms with Crippen LogP contribution in [0.2, 0.25) is 0 Å². The van der Waals surface area contributed by atoms with Gasteiger partial charge in [-0.2, -0.15) is 0 Å². The number of urea groups is 1. The summed E-state index contributed by atoms with van der Waals surface area (Å²) in [6, 6.07) is 10.3. The zero-order valence-electron chi connectivity index (χ0n) is 20.1. The topological polar surface area (TPSA) is 130 Å². The average molecular weight is 501 g/mol. The van der Waals surface area contributed by atoms with E-state index in [0.29, 0.717) is 29.9 Å². The molecule has 5 amide bonds. The first kappa shape index (κ1) is 21.9. The fourth-order valence-corrected chi connectivity index (χ4v) is 6.41. The van der Waals surface area contributed by atoms with Crippen LogP contribution in [0.25, 0.3) is 11.0 Å². The number of hydrogen-bond acceptors (Lipinski definition) is 6. The summed E-state index contributed by atoms with van der Waals surface area (Å²) in [7, 11) is 1.53. The number of fused-ring (bicyclic) bond motifs is 5. The largest absolute Gasteiger partial charge is 0.497 e. The molecular weight excluding hydrogens is 476 g/mol. The first-order chi connectivity index (χ1) is 17.8. The van der Waals surface area contributed by atoms with Crippen molar-refractivity contribution in [1.29, 1.82) is 0 Å². The number of amides is 5. The van der Waals surface area contributed by atoms with Crippen LogP contribution in [0, 0.1) is 0 Å². The summed E-state index contributed by atoms with van der Waals surface area (Å²) < 4.78 is 11.5. The molecule has 10 heteroatoms. The van der Waals surface area contributed by atoms with Crippen LogP contribution in [0.3, 0.4) is 0 Å². The molecule has 10 nitrogen and oxygen atoms in total. The number of benzene rings is 2. The number of carbonyl (C=O) groups is 4. The van der Waals surface area contributed by atoms with E-state index in [4.69, 9.17) is 9.15 Å². The zero-order valence-corrected chi connectivity index (χ0v) is 20.1. The molecule has 2 atom stereocenters. The molecule has 1 unspecified atom stereocenters. The smallest absolute Gasteiger partial charge is 0.322 e. The minimum atomic E-state index is -1.58. The van der Waals surface area contributed by atoms with Crippen LogP contribution in [-0.2, 0) is 33.6 Å². The minimum Gasteiger partial charge on any atom is -0.497 e. The summed E-state index contributed by atoms with van der Waals surface area (Å²) in [4.78, 5) is 52.5. The van der Waals surface area contributed by atoms with Crippen molar-refractivity contribution in [3.8, 4) is 5.75 Å². The van der Waals surface area contributed by atoms with Gasteiger partial charge in [0.25, 0.3) is 11.8 Å². The van der Waals surface area contributed by atoms with Crippen LogP contribution in [0.5, 0.6) is 5.75 Å². The number of furan rings is 1. The third-order valence-electron chi connectivity index (χ3n) is 8.27. The second kappa shape index (κ2) is 7.34. The Hall–Kier alpha value is -4.34. The van der Waals surface area contributed by atoms with Crippen molar-refractivity contribution in [3.63, 3.8) is 0 Å². The maximum Gasteiger partial charge on any atom is 0.322 e. The minimum absolute atomic E-state index is 0.0546. The van der Waals surface area contributed by atoms with Gasteiger partial charge in [-0.3, -0.25) is 19.7 Å². The third-order valence-corrected chi connectivity index (χ3v) is 8.27. The molecular formula is C27H24N4O6. The lowest BCUT2D eigenvalue weighted by Gasteiger charge is -2.29. The molecule has 1 aromatic heterocycles. The molecule has 0 radical (unpaired) electrons. The number of methoxy groups -OCH3 is 1. The Morgan fingerprint density at radius 3 is 2.59 bits per heavy atom. The number of hydrogen-bond donors (Lipinski definition) is 3. The lowest BCUT2D eigenvalue weighted by atomic mass is 9.89. The van der Waals surface area contributed by atoms with Crippen LogP contribution in [0.4, 0.5) is 4.79 Å². The molecule has 1 aliphatic carbocycles. The molecule has 37 heavy (non-hydrogen) atoms. The maximum atomic E-state index is 13.3. The van der Waals surface area contributed by atoms with Gasteiger partial charge < -0.3 is 24.7 Å². The fourth-order valence-electron chi connectivity index (χ4n) is 6.41. The molecule has 2 saturated heterocycles. The van der Waals surface area contributed by atoms with Crippen molar-refractivity contribution in [1.82, 2.24) is 20.9 Å². The number of ether oxygens (including phenoxy) is 1. The summed E-state index contributed by atoms with van der Waals surface area (Å²) in [5.74, 6) is 0.0566. The van der Waals surface area contributed by atoms with Gasteiger partial charge in [-0.25, -0.2) is 4.79 Å². The zero-order chi connectivity index (χ0) is 25.5. The van der Waals surface area contributed by atoms with Crippen molar-refractivity contribution < 1.29 is 28.3 Å². The monoisotopic (exact) mass is 500 g/mol. The van der Waals surface area contributed by atoms with Crippen LogP contribution >= 0.6 is 0 Å². The van der Waals surface area contributed by atoms with Crippen molar-refractivity contribution >= 4 is 34.7 Å². The van der Waals surface area contributed by atoms with Crippen LogP contribution in [0.1, 0.15) is 52.1 Å². The highest BCUT2D eigenvalue weighted by molar-refractivity contribution is 6.08. The van der Waals surface area contributed by atoms with Crippen LogP contribution in [0.15, 0.2) is 40.8 Å². The molecule has 3 aromatic rings. The average Bonchev–Trinajstić information content (AvgIpc) is 3.68. The molecule has 1 spiro atoms. The van der Waals surface area contributed by atoms with E-state index in [1.807, 2.05) is 18.2 Å². The van der Waals surface area contributed by atoms with E-state index in [-0.39, 0.29) is 29.7 Å². The highest BCUT2D eigenvalue weighted by atomic mass is 16.5. The number of nitrogens with one attached hydrogen (secondary N) is 3. The quantitative estimate of drug-likeness (QED) is 0.471. The first-order valence-corrected chi connectivity index (χ1v) is 12.3. The lowest BCUT2D eigenvalue weighted by molar-refractivity contribution is -0.125. The molecule has 0 saturated carbocycles. The Bertz CT molecular complexity index is 1560. The summed E-state index contributed by atoms with van der Waals surface area (Å²) in [5, 5.41) is 9.07. The van der Waals surface area contributed by atoms with E-state index in [9.17, 15) is 19.2 Å². The van der Waals surface area contributed by atoms with Gasteiger partial charge in [0.1, 0.15) is 17.1 Å². The van der Waals surface area contributed by atoms with Crippen molar-refractivity contribution in [2.45, 2.75) is 43.3 Å². The summed E-state index contributed by atoms with van der Waals surface area (Å²) in [6.45, 7) is 0.198. The van der Waals surface area contributed by atoms with Gasteiger partial charge in [0.2, 0.25) is 5.91 Å². The Kier molecular flexibility index (Phi) is 4.35. The number of carbonyl (C=O) groups excluding carboxylic acids is 4. The lowest BCUT2D eigenvalue weighted by Crippen LogP contribution is -2.52. The molecule has 7 rings (SSSR count). The molecule has 2 fully saturated rings. The van der Waals surface area contributed by atoms with E-state index >= 15 is 0 Å². The number of nitrogens with zero attached hydrogens (tertiary/aromatic N) is 1. The van der Waals surface area contributed by atoms with Gasteiger partial charge in [0.15, 0.2) is 5.54 Å². The van der Waals surface area contributed by atoms with Crippen molar-refractivity contribution in [2.75, 3.05) is 13.7 Å². The van der Waals surface area contributed by atoms with E-state index in [0.717, 1.165) is 41.3 Å². The Morgan fingerprint density at radius 1 is 1.03 bits per heavy atom. The van der Waals surface area contributed by atoms with Gasteiger partial charge in [-0.15, -0.1) is 0 Å². The van der Waals surface area contributed by atoms with E-state index in [2.05, 4.69) is 16.0 Å². The molecule has 2 aromatic carbocycles. The van der Waals surface area contributed by atoms with Gasteiger partial charge in [0, 0.05) is 23.9 Å². The van der Waals surface area contributed by atoms with Gasteiger partial charge in [-0.05, 0) is 60.2 Å². The first-order valence-electron chi connectivity index (χ1n) is 12.3. The second-order valence-electron chi connectivity index (χ2n) is 10.2. The fraction of sp³-hybridized carbons (Fsp3) is 0.333. The Balaban J connectivity index is 1.29. The van der Waals surface area contributed by atoms with E-state index in [1.54, 1.807) is 18.2 Å². The SMILES string of the molecule is COc1ccc2c(c1)C(=O)N(C[C@@]1(c3cc4c5c(ccc4o3)C3(CCC(=O)N3)CC5)NC(=O)NC1=O)C2. The van der Waals surface area contributed by atoms with Crippen LogP contribution in [-0.4, -0.2) is 42.3 Å².